The van der Waals surface area contributed by atoms with Crippen molar-refractivity contribution < 1.29 is 9.59 Å². The van der Waals surface area contributed by atoms with Gasteiger partial charge in [0.2, 0.25) is 5.91 Å². The topological polar surface area (TPSA) is 85.1 Å². The molecule has 1 amide bonds. The van der Waals surface area contributed by atoms with E-state index >= 15 is 0 Å². The Kier molecular flexibility index (Phi) is 4.14. The molecule has 3 N–H and O–H groups in total. The minimum absolute atomic E-state index is 0.0572. The highest BCUT2D eigenvalue weighted by Gasteiger charge is 2.18. The molecule has 0 fully saturated rings. The fraction of sp³-hybridized carbons (Fsp3) is 0.500. The molecular formula is C10H15N3O2S. The van der Waals surface area contributed by atoms with Crippen LogP contribution < -0.4 is 11.1 Å². The number of ketones is 1. The van der Waals surface area contributed by atoms with Crippen molar-refractivity contribution in [3.05, 3.63) is 11.1 Å². The van der Waals surface area contributed by atoms with Gasteiger partial charge in [-0.15, -0.1) is 0 Å². The quantitative estimate of drug-likeness (QED) is 0.777. The molecule has 0 aliphatic heterocycles. The Morgan fingerprint density at radius 2 is 2.12 bits per heavy atom. The van der Waals surface area contributed by atoms with Gasteiger partial charge in [0, 0.05) is 13.0 Å². The van der Waals surface area contributed by atoms with E-state index in [1.807, 2.05) is 0 Å². The van der Waals surface area contributed by atoms with Crippen molar-refractivity contribution in [3.8, 4) is 0 Å². The van der Waals surface area contributed by atoms with Crippen LogP contribution >= 0.6 is 11.3 Å². The van der Waals surface area contributed by atoms with E-state index in [9.17, 15) is 9.59 Å². The Morgan fingerprint density at radius 3 is 2.56 bits per heavy atom. The summed E-state index contributed by atoms with van der Waals surface area (Å²) >= 11 is 1.17. The minimum atomic E-state index is -0.287. The number of carbonyl (C=O) groups excluding carboxylic acids is 2. The van der Waals surface area contributed by atoms with E-state index in [0.717, 1.165) is 0 Å². The first-order valence-corrected chi connectivity index (χ1v) is 5.76. The monoisotopic (exact) mass is 241 g/mol. The number of rotatable bonds is 4. The minimum Gasteiger partial charge on any atom is -0.327 e. The maximum Gasteiger partial charge on any atom is 0.230 e. The Labute approximate surface area is 98.1 Å². The third kappa shape index (κ3) is 3.11. The van der Waals surface area contributed by atoms with Gasteiger partial charge in [-0.1, -0.05) is 18.3 Å². The van der Waals surface area contributed by atoms with E-state index in [-0.39, 0.29) is 23.7 Å². The summed E-state index contributed by atoms with van der Waals surface area (Å²) < 4.78 is 0. The van der Waals surface area contributed by atoms with Crippen LogP contribution in [0.15, 0.2) is 6.20 Å². The molecule has 0 saturated carbocycles. The van der Waals surface area contributed by atoms with Gasteiger partial charge in [-0.3, -0.25) is 9.59 Å². The van der Waals surface area contributed by atoms with Gasteiger partial charge < -0.3 is 11.1 Å². The van der Waals surface area contributed by atoms with Crippen molar-refractivity contribution in [2.45, 2.75) is 26.8 Å². The average Bonchev–Trinajstić information content (AvgIpc) is 2.64. The first kappa shape index (κ1) is 12.8. The molecule has 2 atom stereocenters. The number of nitrogens with one attached hydrogen (secondary N) is 1. The molecule has 1 aromatic heterocycles. The van der Waals surface area contributed by atoms with E-state index in [2.05, 4.69) is 10.3 Å². The second-order valence-corrected chi connectivity index (χ2v) is 4.75. The summed E-state index contributed by atoms with van der Waals surface area (Å²) in [5.74, 6) is -0.526. The molecule has 1 rings (SSSR count). The molecule has 0 radical (unpaired) electrons. The van der Waals surface area contributed by atoms with Crippen molar-refractivity contribution in [3.63, 3.8) is 0 Å². The van der Waals surface area contributed by atoms with E-state index in [4.69, 9.17) is 5.73 Å². The highest BCUT2D eigenvalue weighted by atomic mass is 32.1. The van der Waals surface area contributed by atoms with E-state index in [1.54, 1.807) is 13.8 Å². The maximum absolute atomic E-state index is 11.6. The van der Waals surface area contributed by atoms with Crippen LogP contribution in [0.3, 0.4) is 0 Å². The summed E-state index contributed by atoms with van der Waals surface area (Å²) in [6, 6.07) is -0.216. The number of anilines is 1. The first-order chi connectivity index (χ1) is 7.41. The molecule has 1 heterocycles. The number of thiazole rings is 1. The Hall–Kier alpha value is -1.27. The summed E-state index contributed by atoms with van der Waals surface area (Å²) in [7, 11) is 0. The van der Waals surface area contributed by atoms with Crippen LogP contribution in [-0.2, 0) is 4.79 Å². The third-order valence-corrected chi connectivity index (χ3v) is 3.30. The normalized spacial score (nSPS) is 14.2. The standard InChI is InChI=1S/C10H15N3O2S/c1-5(6(2)11)9(15)13-10-12-4-8(16-10)7(3)14/h4-6H,11H2,1-3H3,(H,12,13,15). The largest absolute Gasteiger partial charge is 0.327 e. The SMILES string of the molecule is CC(=O)c1cnc(NC(=O)C(C)C(C)N)s1. The molecule has 0 aliphatic carbocycles. The molecular weight excluding hydrogens is 226 g/mol. The lowest BCUT2D eigenvalue weighted by atomic mass is 10.0. The highest BCUT2D eigenvalue weighted by Crippen LogP contribution is 2.19. The maximum atomic E-state index is 11.6. The molecule has 2 unspecified atom stereocenters. The lowest BCUT2D eigenvalue weighted by Crippen LogP contribution is -2.34. The van der Waals surface area contributed by atoms with Gasteiger partial charge in [0.25, 0.3) is 0 Å². The van der Waals surface area contributed by atoms with Gasteiger partial charge in [0.1, 0.15) is 0 Å². The molecule has 6 heteroatoms. The van der Waals surface area contributed by atoms with Gasteiger partial charge in [-0.05, 0) is 6.92 Å². The summed E-state index contributed by atoms with van der Waals surface area (Å²) in [6.07, 6.45) is 1.46. The number of hydrogen-bond donors (Lipinski definition) is 2. The second kappa shape index (κ2) is 5.18. The smallest absolute Gasteiger partial charge is 0.230 e. The van der Waals surface area contributed by atoms with Gasteiger partial charge in [-0.2, -0.15) is 0 Å². The summed E-state index contributed by atoms with van der Waals surface area (Å²) in [5.41, 5.74) is 5.61. The average molecular weight is 241 g/mol. The Balaban J connectivity index is 2.66. The van der Waals surface area contributed by atoms with Crippen molar-refractivity contribution in [2.24, 2.45) is 11.7 Å². The fourth-order valence-corrected chi connectivity index (χ4v) is 1.67. The molecule has 0 bridgehead atoms. The summed E-state index contributed by atoms with van der Waals surface area (Å²) in [4.78, 5) is 27.1. The van der Waals surface area contributed by atoms with Gasteiger partial charge in [0.15, 0.2) is 10.9 Å². The number of nitrogens with two attached hydrogens (primary N) is 1. The molecule has 0 aliphatic rings. The number of carbonyl (C=O) groups is 2. The molecule has 88 valence electrons. The highest BCUT2D eigenvalue weighted by molar-refractivity contribution is 7.17. The number of nitrogens with zero attached hydrogens (tertiary/aromatic N) is 1. The zero-order valence-electron chi connectivity index (χ0n) is 9.48. The van der Waals surface area contributed by atoms with E-state index in [0.29, 0.717) is 10.0 Å². The van der Waals surface area contributed by atoms with Crippen LogP contribution in [0, 0.1) is 5.92 Å². The van der Waals surface area contributed by atoms with Gasteiger partial charge in [0.05, 0.1) is 17.0 Å². The van der Waals surface area contributed by atoms with Gasteiger partial charge >= 0.3 is 0 Å². The van der Waals surface area contributed by atoms with E-state index < -0.39 is 0 Å². The number of aromatic nitrogens is 1. The summed E-state index contributed by atoms with van der Waals surface area (Å²) in [5, 5.41) is 3.07. The zero-order chi connectivity index (χ0) is 12.3. The van der Waals surface area contributed by atoms with Crippen LogP contribution in [0.2, 0.25) is 0 Å². The van der Waals surface area contributed by atoms with Crippen LogP contribution in [0.4, 0.5) is 5.13 Å². The zero-order valence-corrected chi connectivity index (χ0v) is 10.3. The van der Waals surface area contributed by atoms with Crippen molar-refractivity contribution >= 4 is 28.2 Å². The third-order valence-electron chi connectivity index (χ3n) is 2.29. The predicted octanol–water partition coefficient (Wildman–Crippen LogP) is 1.27. The van der Waals surface area contributed by atoms with Crippen molar-refractivity contribution in [1.82, 2.24) is 4.98 Å². The molecule has 0 saturated heterocycles. The van der Waals surface area contributed by atoms with Crippen molar-refractivity contribution in [1.29, 1.82) is 0 Å². The predicted molar refractivity (Wildman–Crippen MR) is 63.6 cm³/mol. The number of hydrogen-bond acceptors (Lipinski definition) is 5. The lowest BCUT2D eigenvalue weighted by Gasteiger charge is -2.13. The first-order valence-electron chi connectivity index (χ1n) is 4.95. The van der Waals surface area contributed by atoms with Crippen molar-refractivity contribution in [2.75, 3.05) is 5.32 Å². The second-order valence-electron chi connectivity index (χ2n) is 3.72. The van der Waals surface area contributed by atoms with E-state index in [1.165, 1.54) is 24.5 Å². The van der Waals surface area contributed by atoms with Crippen LogP contribution in [0.25, 0.3) is 0 Å². The van der Waals surface area contributed by atoms with Gasteiger partial charge in [-0.25, -0.2) is 4.98 Å². The molecule has 0 spiro atoms. The summed E-state index contributed by atoms with van der Waals surface area (Å²) in [6.45, 7) is 4.98. The molecule has 16 heavy (non-hydrogen) atoms. The molecule has 0 aromatic carbocycles. The molecule has 5 nitrogen and oxygen atoms in total. The van der Waals surface area contributed by atoms with Crippen LogP contribution in [0.1, 0.15) is 30.4 Å². The number of amides is 1. The molecule has 1 aromatic rings. The number of Topliss-reactive ketones (excluding diaryl/α,β-unsaturated/α-hetero) is 1. The lowest BCUT2D eigenvalue weighted by molar-refractivity contribution is -0.119. The Bertz CT molecular complexity index is 401. The van der Waals surface area contributed by atoms with Crippen LogP contribution in [0.5, 0.6) is 0 Å². The Morgan fingerprint density at radius 1 is 1.50 bits per heavy atom. The van der Waals surface area contributed by atoms with Crippen LogP contribution in [-0.4, -0.2) is 22.7 Å². The fourth-order valence-electron chi connectivity index (χ4n) is 0.953.